The van der Waals surface area contributed by atoms with E-state index in [0.717, 1.165) is 0 Å². The lowest BCUT2D eigenvalue weighted by atomic mass is 10.1. The number of nitrogens with zero attached hydrogens (tertiary/aromatic N) is 3. The van der Waals surface area contributed by atoms with E-state index in [4.69, 9.17) is 10.00 Å². The lowest BCUT2D eigenvalue weighted by Crippen LogP contribution is -2.03. The minimum absolute atomic E-state index is 0.106. The van der Waals surface area contributed by atoms with Gasteiger partial charge in [0.05, 0.1) is 17.6 Å². The molecule has 0 fully saturated rings. The topological polar surface area (TPSA) is 89.1 Å². The zero-order valence-electron chi connectivity index (χ0n) is 8.57. The molecule has 0 radical (unpaired) electrons. The molecule has 1 aromatic rings. The second-order valence-corrected chi connectivity index (χ2v) is 2.92. The van der Waals surface area contributed by atoms with Crippen LogP contribution in [-0.4, -0.2) is 17.0 Å². The molecule has 0 amide bonds. The van der Waals surface area contributed by atoms with Crippen molar-refractivity contribution in [2.75, 3.05) is 7.11 Å². The van der Waals surface area contributed by atoms with Crippen molar-refractivity contribution in [1.82, 2.24) is 4.98 Å². The van der Waals surface area contributed by atoms with Crippen LogP contribution in [0.2, 0.25) is 0 Å². The minimum Gasteiger partial charge on any atom is -0.480 e. The summed E-state index contributed by atoms with van der Waals surface area (Å²) in [4.78, 5) is 14.0. The average Bonchev–Trinajstić information content (AvgIpc) is 2.16. The van der Waals surface area contributed by atoms with Crippen molar-refractivity contribution in [3.8, 4) is 11.9 Å². The third-order valence-electron chi connectivity index (χ3n) is 2.04. The third-order valence-corrected chi connectivity index (χ3v) is 2.04. The number of methoxy groups -OCH3 is 1. The molecule has 0 N–H and O–H groups in total. The second-order valence-electron chi connectivity index (χ2n) is 2.92. The van der Waals surface area contributed by atoms with Crippen LogP contribution in [0.25, 0.3) is 0 Å². The molecule has 0 spiro atoms. The monoisotopic (exact) mass is 207 g/mol. The van der Waals surface area contributed by atoms with Crippen LogP contribution in [0.4, 0.5) is 5.69 Å². The summed E-state index contributed by atoms with van der Waals surface area (Å²) in [6.07, 6.45) is 0. The molecule has 0 saturated heterocycles. The number of pyridine rings is 1. The van der Waals surface area contributed by atoms with Crippen LogP contribution in [0, 0.1) is 35.3 Å². The van der Waals surface area contributed by atoms with E-state index in [1.54, 1.807) is 0 Å². The fourth-order valence-corrected chi connectivity index (χ4v) is 1.36. The van der Waals surface area contributed by atoms with E-state index in [1.807, 2.05) is 6.07 Å². The van der Waals surface area contributed by atoms with Gasteiger partial charge in [0.15, 0.2) is 0 Å². The van der Waals surface area contributed by atoms with Crippen LogP contribution in [0.15, 0.2) is 0 Å². The molecule has 78 valence electrons. The highest BCUT2D eigenvalue weighted by Crippen LogP contribution is 2.29. The fourth-order valence-electron chi connectivity index (χ4n) is 1.36. The van der Waals surface area contributed by atoms with Gasteiger partial charge in [-0.25, -0.2) is 4.98 Å². The SMILES string of the molecule is COc1nc(C)c([N+](=O)[O-])c(C)c1C#N. The highest BCUT2D eigenvalue weighted by molar-refractivity contribution is 5.56. The number of hydrogen-bond donors (Lipinski definition) is 0. The molecule has 0 bridgehead atoms. The van der Waals surface area contributed by atoms with Crippen LogP contribution < -0.4 is 4.74 Å². The molecule has 0 unspecified atom stereocenters. The molecule has 0 aliphatic heterocycles. The molecule has 0 aliphatic rings. The minimum atomic E-state index is -0.544. The summed E-state index contributed by atoms with van der Waals surface area (Å²) in [5, 5.41) is 19.6. The van der Waals surface area contributed by atoms with Crippen molar-refractivity contribution in [2.45, 2.75) is 13.8 Å². The van der Waals surface area contributed by atoms with Crippen molar-refractivity contribution in [3.05, 3.63) is 26.9 Å². The van der Waals surface area contributed by atoms with Gasteiger partial charge in [-0.15, -0.1) is 0 Å². The Labute approximate surface area is 86.3 Å². The lowest BCUT2D eigenvalue weighted by molar-refractivity contribution is -0.386. The van der Waals surface area contributed by atoms with E-state index in [2.05, 4.69) is 4.98 Å². The normalized spacial score (nSPS) is 9.47. The molecule has 1 rings (SSSR count). The molecule has 0 aromatic carbocycles. The maximum atomic E-state index is 10.7. The lowest BCUT2D eigenvalue weighted by Gasteiger charge is -2.06. The Hall–Kier alpha value is -2.16. The zero-order valence-corrected chi connectivity index (χ0v) is 8.57. The summed E-state index contributed by atoms with van der Waals surface area (Å²) in [5.74, 6) is 0.123. The Morgan fingerprint density at radius 2 is 2.13 bits per heavy atom. The Kier molecular flexibility index (Phi) is 2.85. The van der Waals surface area contributed by atoms with Gasteiger partial charge in [-0.2, -0.15) is 5.26 Å². The summed E-state index contributed by atoms with van der Waals surface area (Å²) in [6, 6.07) is 1.85. The molecule has 6 nitrogen and oxygen atoms in total. The largest absolute Gasteiger partial charge is 0.480 e. The van der Waals surface area contributed by atoms with Crippen LogP contribution in [0.5, 0.6) is 5.88 Å². The first-order chi connectivity index (χ1) is 7.02. The Bertz CT molecular complexity index is 463. The van der Waals surface area contributed by atoms with E-state index >= 15 is 0 Å². The molecule has 1 aromatic heterocycles. The highest BCUT2D eigenvalue weighted by Gasteiger charge is 2.23. The zero-order chi connectivity index (χ0) is 11.6. The van der Waals surface area contributed by atoms with Crippen LogP contribution in [0.1, 0.15) is 16.8 Å². The molecule has 0 atom stereocenters. The number of aryl methyl sites for hydroxylation is 1. The number of nitriles is 1. The Balaban J connectivity index is 3.61. The van der Waals surface area contributed by atoms with Crippen molar-refractivity contribution in [1.29, 1.82) is 5.26 Å². The number of ether oxygens (including phenoxy) is 1. The number of hydrogen-bond acceptors (Lipinski definition) is 5. The summed E-state index contributed by atoms with van der Waals surface area (Å²) in [5.41, 5.74) is 0.502. The summed E-state index contributed by atoms with van der Waals surface area (Å²) in [7, 11) is 1.37. The molecular formula is C9H9N3O3. The molecule has 0 saturated carbocycles. The van der Waals surface area contributed by atoms with Gasteiger partial charge in [-0.05, 0) is 13.8 Å². The van der Waals surface area contributed by atoms with Gasteiger partial charge < -0.3 is 4.74 Å². The van der Waals surface area contributed by atoms with Crippen LogP contribution in [0.3, 0.4) is 0 Å². The van der Waals surface area contributed by atoms with Gasteiger partial charge in [0.2, 0.25) is 5.88 Å². The van der Waals surface area contributed by atoms with E-state index < -0.39 is 4.92 Å². The smallest absolute Gasteiger partial charge is 0.294 e. The predicted molar refractivity (Wildman–Crippen MR) is 51.6 cm³/mol. The summed E-state index contributed by atoms with van der Waals surface area (Å²) in [6.45, 7) is 3.02. The fraction of sp³-hybridized carbons (Fsp3) is 0.333. The molecule has 0 aliphatic carbocycles. The first kappa shape index (κ1) is 10.9. The number of nitro groups is 1. The van der Waals surface area contributed by atoms with Gasteiger partial charge in [-0.3, -0.25) is 10.1 Å². The van der Waals surface area contributed by atoms with Crippen molar-refractivity contribution < 1.29 is 9.66 Å². The van der Waals surface area contributed by atoms with Crippen LogP contribution in [-0.2, 0) is 0 Å². The van der Waals surface area contributed by atoms with Crippen molar-refractivity contribution >= 4 is 5.69 Å². The highest BCUT2D eigenvalue weighted by atomic mass is 16.6. The van der Waals surface area contributed by atoms with Crippen molar-refractivity contribution in [3.63, 3.8) is 0 Å². The maximum Gasteiger partial charge on any atom is 0.294 e. The number of rotatable bonds is 2. The molecule has 6 heteroatoms. The van der Waals surface area contributed by atoms with Crippen molar-refractivity contribution in [2.24, 2.45) is 0 Å². The quantitative estimate of drug-likeness (QED) is 0.541. The first-order valence-corrected chi connectivity index (χ1v) is 4.12. The third kappa shape index (κ3) is 1.72. The van der Waals surface area contributed by atoms with E-state index in [-0.39, 0.29) is 28.4 Å². The van der Waals surface area contributed by atoms with E-state index in [0.29, 0.717) is 0 Å². The van der Waals surface area contributed by atoms with E-state index in [9.17, 15) is 10.1 Å². The average molecular weight is 207 g/mol. The van der Waals surface area contributed by atoms with Crippen LogP contribution >= 0.6 is 0 Å². The summed E-state index contributed by atoms with van der Waals surface area (Å²) < 4.78 is 4.88. The molecule has 15 heavy (non-hydrogen) atoms. The van der Waals surface area contributed by atoms with Gasteiger partial charge in [-0.1, -0.05) is 0 Å². The van der Waals surface area contributed by atoms with Gasteiger partial charge in [0, 0.05) is 0 Å². The number of aromatic nitrogens is 1. The molecular weight excluding hydrogens is 198 g/mol. The maximum absolute atomic E-state index is 10.7. The predicted octanol–water partition coefficient (Wildman–Crippen LogP) is 1.49. The summed E-state index contributed by atoms with van der Waals surface area (Å²) >= 11 is 0. The molecule has 1 heterocycles. The van der Waals surface area contributed by atoms with E-state index in [1.165, 1.54) is 21.0 Å². The Morgan fingerprint density at radius 3 is 2.53 bits per heavy atom. The first-order valence-electron chi connectivity index (χ1n) is 4.12. The second kappa shape index (κ2) is 3.92. The standard InChI is InChI=1S/C9H9N3O3/c1-5-7(4-10)9(15-3)11-6(2)8(5)12(13)14/h1-3H3. The van der Waals surface area contributed by atoms with Gasteiger partial charge >= 0.3 is 0 Å². The Morgan fingerprint density at radius 1 is 1.53 bits per heavy atom. The van der Waals surface area contributed by atoms with Gasteiger partial charge in [0.1, 0.15) is 17.3 Å². The van der Waals surface area contributed by atoms with Gasteiger partial charge in [0.25, 0.3) is 5.69 Å².